The topological polar surface area (TPSA) is 101 Å². The lowest BCUT2D eigenvalue weighted by atomic mass is 10.0. The first-order valence-electron chi connectivity index (χ1n) is 12.8. The van der Waals surface area contributed by atoms with Crippen LogP contribution >= 0.6 is 11.3 Å². The van der Waals surface area contributed by atoms with Gasteiger partial charge in [-0.2, -0.15) is 18.2 Å². The van der Waals surface area contributed by atoms with Crippen molar-refractivity contribution in [1.82, 2.24) is 29.9 Å². The van der Waals surface area contributed by atoms with E-state index in [0.717, 1.165) is 9.57 Å². The fourth-order valence-corrected chi connectivity index (χ4v) is 5.51. The lowest BCUT2D eigenvalue weighted by molar-refractivity contribution is -0.139. The molecule has 1 aliphatic rings. The van der Waals surface area contributed by atoms with Crippen LogP contribution in [0.5, 0.6) is 0 Å². The third-order valence-corrected chi connectivity index (χ3v) is 7.86. The molecule has 5 rings (SSSR count). The first kappa shape index (κ1) is 28.0. The van der Waals surface area contributed by atoms with Crippen molar-refractivity contribution in [2.75, 3.05) is 25.5 Å². The molecule has 3 aromatic heterocycles. The van der Waals surface area contributed by atoms with Gasteiger partial charge in [0.25, 0.3) is 5.91 Å². The van der Waals surface area contributed by atoms with Crippen molar-refractivity contribution in [2.45, 2.75) is 57.7 Å². The van der Waals surface area contributed by atoms with E-state index in [4.69, 9.17) is 4.52 Å². The number of carbonyl (C=O) groups excluding carboxylic acids is 1. The van der Waals surface area contributed by atoms with Crippen molar-refractivity contribution in [1.29, 1.82) is 0 Å². The predicted molar refractivity (Wildman–Crippen MR) is 143 cm³/mol. The number of carbonyl (C=O) groups is 1. The summed E-state index contributed by atoms with van der Waals surface area (Å²) < 4.78 is 61.9. The molecule has 40 heavy (non-hydrogen) atoms. The minimum atomic E-state index is -4.52. The minimum absolute atomic E-state index is 0.0245. The number of amides is 1. The molecule has 1 aromatic carbocycles. The Kier molecular flexibility index (Phi) is 7.82. The van der Waals surface area contributed by atoms with E-state index in [1.54, 1.807) is 29.6 Å². The molecule has 4 heterocycles. The normalized spacial score (nSPS) is 18.5. The number of hydrogen-bond donors (Lipinski definition) is 2. The highest BCUT2D eigenvalue weighted by molar-refractivity contribution is 7.09. The average molecular weight is 580 g/mol. The average Bonchev–Trinajstić information content (AvgIpc) is 3.63. The van der Waals surface area contributed by atoms with Gasteiger partial charge in [0.05, 0.1) is 28.8 Å². The lowest BCUT2D eigenvalue weighted by Crippen LogP contribution is -2.46. The number of fused-ring (bicyclic) bond motifs is 1. The maximum atomic E-state index is 14.7. The van der Waals surface area contributed by atoms with Crippen LogP contribution in [0.1, 0.15) is 47.6 Å². The first-order valence-corrected chi connectivity index (χ1v) is 13.7. The van der Waals surface area contributed by atoms with Crippen LogP contribution in [0, 0.1) is 0 Å². The molecule has 0 bridgehead atoms. The van der Waals surface area contributed by atoms with Crippen molar-refractivity contribution < 1.29 is 26.9 Å². The van der Waals surface area contributed by atoms with Gasteiger partial charge in [-0.1, -0.05) is 25.1 Å². The molecule has 2 N–H and O–H groups in total. The van der Waals surface area contributed by atoms with Gasteiger partial charge in [-0.3, -0.25) is 4.79 Å². The molecule has 0 unspecified atom stereocenters. The maximum Gasteiger partial charge on any atom is 0.406 e. The molecule has 0 saturated carbocycles. The summed E-state index contributed by atoms with van der Waals surface area (Å²) in [4.78, 5) is 22.9. The molecule has 214 valence electrons. The van der Waals surface area contributed by atoms with Crippen LogP contribution in [0.25, 0.3) is 22.4 Å². The Morgan fingerprint density at radius 1 is 1.27 bits per heavy atom. The van der Waals surface area contributed by atoms with Crippen LogP contribution < -0.4 is 10.6 Å². The Labute approximate surface area is 231 Å². The number of nitrogens with zero attached hydrogens (tertiary/aromatic N) is 5. The second kappa shape index (κ2) is 11.2. The quantitative estimate of drug-likeness (QED) is 0.276. The van der Waals surface area contributed by atoms with Crippen molar-refractivity contribution in [3.8, 4) is 11.5 Å². The molecule has 0 radical (unpaired) electrons. The van der Waals surface area contributed by atoms with Gasteiger partial charge in [0, 0.05) is 35.5 Å². The maximum absolute atomic E-state index is 14.7. The number of halogens is 4. The Hall–Kier alpha value is -3.52. The number of likely N-dealkylation sites (tertiary alicyclic amines) is 1. The van der Waals surface area contributed by atoms with Gasteiger partial charge < -0.3 is 24.6 Å². The monoisotopic (exact) mass is 579 g/mol. The summed E-state index contributed by atoms with van der Waals surface area (Å²) >= 11 is 1.38. The third kappa shape index (κ3) is 6.12. The van der Waals surface area contributed by atoms with Crippen molar-refractivity contribution in [3.05, 3.63) is 46.2 Å². The van der Waals surface area contributed by atoms with Gasteiger partial charge in [-0.15, -0.1) is 11.3 Å². The van der Waals surface area contributed by atoms with Crippen molar-refractivity contribution >= 4 is 33.8 Å². The molecule has 4 aromatic rings. The van der Waals surface area contributed by atoms with Crippen LogP contribution in [0.15, 0.2) is 34.2 Å². The second-order valence-corrected chi connectivity index (χ2v) is 11.1. The van der Waals surface area contributed by atoms with E-state index >= 15 is 0 Å². The largest absolute Gasteiger partial charge is 0.406 e. The summed E-state index contributed by atoms with van der Waals surface area (Å²) in [6.07, 6.45) is -5.09. The summed E-state index contributed by atoms with van der Waals surface area (Å²) in [5.74, 6) is -0.276. The van der Waals surface area contributed by atoms with E-state index in [-0.39, 0.29) is 42.1 Å². The molecular weight excluding hydrogens is 550 g/mol. The number of thiazole rings is 1. The van der Waals surface area contributed by atoms with E-state index < -0.39 is 30.8 Å². The molecule has 1 fully saturated rings. The standard InChI is InChI=1S/C26H29F4N7O2S/c1-14(2)25-33-19(12-40-25)24(38)31-10-22-34-23(35-39-22)21-9-15-17(32-18-7-8-36(3)11-16(18)27)5-4-6-20(15)37(21)13-26(28,29)30/h4-6,9,12,14,16,18,32H,7-8,10-11,13H2,1-3H3,(H,31,38)/t16-,18+/m0/s1. The van der Waals surface area contributed by atoms with Crippen LogP contribution in [0.3, 0.4) is 0 Å². The Morgan fingerprint density at radius 2 is 2.08 bits per heavy atom. The smallest absolute Gasteiger partial charge is 0.379 e. The minimum Gasteiger partial charge on any atom is -0.379 e. The SMILES string of the molecule is CC(C)c1nc(C(=O)NCc2nc(-c3cc4c(N[C@@H]5CCN(C)C[C@@H]5F)cccc4n3CC(F)(F)F)no2)cs1. The molecule has 14 heteroatoms. The highest BCUT2D eigenvalue weighted by Crippen LogP contribution is 2.35. The van der Waals surface area contributed by atoms with Crippen LogP contribution in [-0.4, -0.2) is 69.0 Å². The van der Waals surface area contributed by atoms with Crippen LogP contribution in [0.2, 0.25) is 0 Å². The molecule has 0 spiro atoms. The van der Waals surface area contributed by atoms with Crippen molar-refractivity contribution in [3.63, 3.8) is 0 Å². The fourth-order valence-electron chi connectivity index (χ4n) is 4.70. The number of piperidine rings is 1. The summed E-state index contributed by atoms with van der Waals surface area (Å²) in [6, 6.07) is 5.99. The number of nitrogens with one attached hydrogen (secondary N) is 2. The van der Waals surface area contributed by atoms with Gasteiger partial charge in [0.2, 0.25) is 11.7 Å². The first-order chi connectivity index (χ1) is 19.0. The number of alkyl halides is 4. The van der Waals surface area contributed by atoms with E-state index in [9.17, 15) is 22.4 Å². The molecular formula is C26H29F4N7O2S. The lowest BCUT2D eigenvalue weighted by Gasteiger charge is -2.33. The molecule has 2 atom stereocenters. The molecule has 1 aliphatic heterocycles. The van der Waals surface area contributed by atoms with Gasteiger partial charge >= 0.3 is 6.18 Å². The summed E-state index contributed by atoms with van der Waals surface area (Å²) in [5, 5.41) is 12.7. The third-order valence-electron chi connectivity index (χ3n) is 6.71. The number of rotatable bonds is 8. The zero-order valence-corrected chi connectivity index (χ0v) is 22.9. The Bertz CT molecular complexity index is 1500. The van der Waals surface area contributed by atoms with Gasteiger partial charge in [0.1, 0.15) is 18.4 Å². The number of hydrogen-bond acceptors (Lipinski definition) is 8. The fraction of sp³-hybridized carbons (Fsp3) is 0.462. The molecule has 9 nitrogen and oxygen atoms in total. The highest BCUT2D eigenvalue weighted by Gasteiger charge is 2.32. The molecule has 1 saturated heterocycles. The summed E-state index contributed by atoms with van der Waals surface area (Å²) in [5.41, 5.74) is 1.17. The number of anilines is 1. The van der Waals surface area contributed by atoms with Gasteiger partial charge in [-0.25, -0.2) is 9.37 Å². The van der Waals surface area contributed by atoms with Crippen molar-refractivity contribution in [2.24, 2.45) is 0 Å². The highest BCUT2D eigenvalue weighted by atomic mass is 32.1. The Balaban J connectivity index is 1.40. The van der Waals surface area contributed by atoms with E-state index in [2.05, 4.69) is 25.8 Å². The second-order valence-electron chi connectivity index (χ2n) is 10.2. The van der Waals surface area contributed by atoms with Crippen LogP contribution in [0.4, 0.5) is 23.2 Å². The van der Waals surface area contributed by atoms with Gasteiger partial charge in [-0.05, 0) is 31.7 Å². The number of aromatic nitrogens is 4. The zero-order valence-electron chi connectivity index (χ0n) is 22.1. The number of benzene rings is 1. The van der Waals surface area contributed by atoms with Crippen LogP contribution in [-0.2, 0) is 13.1 Å². The molecule has 0 aliphatic carbocycles. The van der Waals surface area contributed by atoms with E-state index in [0.29, 0.717) is 29.6 Å². The predicted octanol–water partition coefficient (Wildman–Crippen LogP) is 5.22. The molecule has 1 amide bonds. The van der Waals surface area contributed by atoms with Gasteiger partial charge in [0.15, 0.2) is 0 Å². The summed E-state index contributed by atoms with van der Waals surface area (Å²) in [6.45, 7) is 3.53. The van der Waals surface area contributed by atoms with E-state index in [1.807, 2.05) is 25.8 Å². The Morgan fingerprint density at radius 3 is 2.77 bits per heavy atom. The zero-order chi connectivity index (χ0) is 28.6. The van der Waals surface area contributed by atoms with E-state index in [1.165, 1.54) is 11.3 Å². The summed E-state index contributed by atoms with van der Waals surface area (Å²) in [7, 11) is 1.85.